The number of Topliss-reactive ketones (excluding diaryl/α,β-unsaturated/α-hetero) is 1. The first kappa shape index (κ1) is 14.7. The molecule has 2 unspecified atom stereocenters. The average molecular weight is 268 g/mol. The molecular weight excluding hydrogens is 244 g/mol. The normalized spacial score (nSPS) is 32.5. The lowest BCUT2D eigenvalue weighted by atomic mass is 9.59. The van der Waals surface area contributed by atoms with Gasteiger partial charge in [-0.05, 0) is 49.5 Å². The molecule has 0 aromatic carbocycles. The molecule has 2 aliphatic rings. The largest absolute Gasteiger partial charge is 0.393 e. The van der Waals surface area contributed by atoms with Crippen molar-refractivity contribution in [1.29, 1.82) is 0 Å². The molecule has 1 saturated carbocycles. The van der Waals surface area contributed by atoms with E-state index < -0.39 is 18.8 Å². The highest BCUT2D eigenvalue weighted by atomic mass is 16.4. The minimum atomic E-state index is -1.44. The number of carbonyl (C=O) groups excluding carboxylic acids is 1. The number of hydrogen-bond donors (Lipinski definition) is 3. The van der Waals surface area contributed by atoms with Gasteiger partial charge in [0.1, 0.15) is 5.60 Å². The molecule has 2 rings (SSSR count). The Morgan fingerprint density at radius 2 is 1.95 bits per heavy atom. The summed E-state index contributed by atoms with van der Waals surface area (Å²) < 4.78 is 0. The van der Waals surface area contributed by atoms with Crippen molar-refractivity contribution in [3.63, 3.8) is 0 Å². The van der Waals surface area contributed by atoms with Gasteiger partial charge in [-0.3, -0.25) is 4.79 Å². The summed E-state index contributed by atoms with van der Waals surface area (Å²) in [5.41, 5.74) is 0.576. The van der Waals surface area contributed by atoms with Crippen LogP contribution in [0.4, 0.5) is 0 Å². The molecule has 3 N–H and O–H groups in total. The predicted octanol–water partition coefficient (Wildman–Crippen LogP) is 1.19. The first-order valence-corrected chi connectivity index (χ1v) is 7.04. The lowest BCUT2D eigenvalue weighted by Crippen LogP contribution is -2.48. The molecule has 0 saturated heterocycles. The predicted molar refractivity (Wildman–Crippen MR) is 71.5 cm³/mol. The fourth-order valence-electron chi connectivity index (χ4n) is 3.63. The van der Waals surface area contributed by atoms with Gasteiger partial charge < -0.3 is 15.3 Å². The molecule has 19 heavy (non-hydrogen) atoms. The van der Waals surface area contributed by atoms with Crippen LogP contribution in [0.15, 0.2) is 11.1 Å². The highest BCUT2D eigenvalue weighted by Crippen LogP contribution is 2.52. The van der Waals surface area contributed by atoms with E-state index in [0.29, 0.717) is 12.8 Å². The lowest BCUT2D eigenvalue weighted by molar-refractivity contribution is -0.118. The summed E-state index contributed by atoms with van der Waals surface area (Å²) in [6.45, 7) is 3.18. The van der Waals surface area contributed by atoms with E-state index in [4.69, 9.17) is 0 Å². The van der Waals surface area contributed by atoms with E-state index in [1.807, 2.05) is 6.92 Å². The SMILES string of the molecule is CC1=C2CC(C(O)(CO)CO)CCC2(C)CCC1=O. The Morgan fingerprint density at radius 1 is 1.32 bits per heavy atom. The first-order valence-electron chi connectivity index (χ1n) is 7.04. The maximum Gasteiger partial charge on any atom is 0.158 e. The number of hydrogen-bond acceptors (Lipinski definition) is 4. The molecule has 0 radical (unpaired) electrons. The standard InChI is InChI=1S/C15H24O4/c1-10-12-7-11(15(19,8-16)9-17)3-5-14(12,2)6-4-13(10)18/h11,16-17,19H,3-9H2,1-2H3. The molecule has 108 valence electrons. The van der Waals surface area contributed by atoms with Crippen molar-refractivity contribution in [3.8, 4) is 0 Å². The molecule has 2 aliphatic carbocycles. The summed E-state index contributed by atoms with van der Waals surface area (Å²) in [6, 6.07) is 0. The van der Waals surface area contributed by atoms with Crippen LogP contribution in [0.3, 0.4) is 0 Å². The maximum absolute atomic E-state index is 11.9. The second kappa shape index (κ2) is 5.00. The van der Waals surface area contributed by atoms with E-state index in [9.17, 15) is 20.1 Å². The van der Waals surface area contributed by atoms with Crippen LogP contribution in [-0.4, -0.2) is 39.9 Å². The van der Waals surface area contributed by atoms with Gasteiger partial charge in [-0.2, -0.15) is 0 Å². The lowest BCUT2D eigenvalue weighted by Gasteiger charge is -2.47. The Bertz CT molecular complexity index is 408. The number of aliphatic hydroxyl groups is 3. The van der Waals surface area contributed by atoms with Gasteiger partial charge in [-0.15, -0.1) is 0 Å². The molecule has 2 atom stereocenters. The third-order valence-electron chi connectivity index (χ3n) is 5.31. The summed E-state index contributed by atoms with van der Waals surface area (Å²) in [5.74, 6) is 0.0242. The van der Waals surface area contributed by atoms with E-state index in [1.165, 1.54) is 0 Å². The minimum Gasteiger partial charge on any atom is -0.393 e. The highest BCUT2D eigenvalue weighted by molar-refractivity contribution is 5.96. The van der Waals surface area contributed by atoms with Gasteiger partial charge in [0.25, 0.3) is 0 Å². The van der Waals surface area contributed by atoms with Crippen LogP contribution in [-0.2, 0) is 4.79 Å². The number of allylic oxidation sites excluding steroid dienone is 2. The van der Waals surface area contributed by atoms with Crippen molar-refractivity contribution < 1.29 is 20.1 Å². The Kier molecular flexibility index (Phi) is 3.87. The summed E-state index contributed by atoms with van der Waals surface area (Å²) in [5, 5.41) is 28.9. The third kappa shape index (κ3) is 2.37. The van der Waals surface area contributed by atoms with Crippen molar-refractivity contribution in [2.45, 2.75) is 51.6 Å². The molecule has 0 spiro atoms. The van der Waals surface area contributed by atoms with E-state index in [1.54, 1.807) is 0 Å². The average Bonchev–Trinajstić information content (AvgIpc) is 2.42. The van der Waals surface area contributed by atoms with Crippen LogP contribution in [0.5, 0.6) is 0 Å². The van der Waals surface area contributed by atoms with Gasteiger partial charge >= 0.3 is 0 Å². The minimum absolute atomic E-state index is 0.0559. The van der Waals surface area contributed by atoms with Crippen molar-refractivity contribution in [3.05, 3.63) is 11.1 Å². The monoisotopic (exact) mass is 268 g/mol. The smallest absolute Gasteiger partial charge is 0.158 e. The van der Waals surface area contributed by atoms with Gasteiger partial charge in [0.05, 0.1) is 13.2 Å². The quantitative estimate of drug-likeness (QED) is 0.718. The zero-order chi connectivity index (χ0) is 14.3. The molecule has 0 heterocycles. The van der Waals surface area contributed by atoms with Crippen LogP contribution < -0.4 is 0 Å². The fraction of sp³-hybridized carbons (Fsp3) is 0.800. The van der Waals surface area contributed by atoms with Crippen LogP contribution in [0.1, 0.15) is 46.0 Å². The fourth-order valence-corrected chi connectivity index (χ4v) is 3.63. The molecular formula is C15H24O4. The molecule has 0 aromatic heterocycles. The van der Waals surface area contributed by atoms with Crippen molar-refractivity contribution >= 4 is 5.78 Å². The van der Waals surface area contributed by atoms with Gasteiger partial charge in [-0.25, -0.2) is 0 Å². The molecule has 1 fully saturated rings. The molecule has 0 aromatic rings. The summed E-state index contributed by atoms with van der Waals surface area (Å²) in [6.07, 6.45) is 3.77. The topological polar surface area (TPSA) is 77.8 Å². The van der Waals surface area contributed by atoms with E-state index >= 15 is 0 Å². The molecule has 0 bridgehead atoms. The van der Waals surface area contributed by atoms with Crippen molar-refractivity contribution in [2.75, 3.05) is 13.2 Å². The van der Waals surface area contributed by atoms with Gasteiger partial charge in [0, 0.05) is 6.42 Å². The second-order valence-corrected chi connectivity index (χ2v) is 6.45. The van der Waals surface area contributed by atoms with Crippen LogP contribution in [0.25, 0.3) is 0 Å². The third-order valence-corrected chi connectivity index (χ3v) is 5.31. The summed E-state index contributed by atoms with van der Waals surface area (Å²) in [4.78, 5) is 11.9. The first-order chi connectivity index (χ1) is 8.86. The highest BCUT2D eigenvalue weighted by Gasteiger charge is 2.46. The Morgan fingerprint density at radius 3 is 2.53 bits per heavy atom. The molecule has 0 aliphatic heterocycles. The van der Waals surface area contributed by atoms with E-state index in [2.05, 4.69) is 6.92 Å². The maximum atomic E-state index is 11.9. The second-order valence-electron chi connectivity index (χ2n) is 6.45. The van der Waals surface area contributed by atoms with Crippen molar-refractivity contribution in [2.24, 2.45) is 11.3 Å². The number of aliphatic hydroxyl groups excluding tert-OH is 2. The van der Waals surface area contributed by atoms with E-state index in [0.717, 1.165) is 30.4 Å². The number of carbonyl (C=O) groups is 1. The van der Waals surface area contributed by atoms with Crippen LogP contribution in [0.2, 0.25) is 0 Å². The number of fused-ring (bicyclic) bond motifs is 1. The molecule has 4 heteroatoms. The van der Waals surface area contributed by atoms with Gasteiger partial charge in [0.2, 0.25) is 0 Å². The summed E-state index contributed by atoms with van der Waals surface area (Å²) >= 11 is 0. The van der Waals surface area contributed by atoms with E-state index in [-0.39, 0.29) is 17.1 Å². The zero-order valence-electron chi connectivity index (χ0n) is 11.8. The van der Waals surface area contributed by atoms with Gasteiger partial charge in [0.15, 0.2) is 5.78 Å². The summed E-state index contributed by atoms with van der Waals surface area (Å²) in [7, 11) is 0. The Labute approximate surface area is 114 Å². The van der Waals surface area contributed by atoms with Crippen LogP contribution >= 0.6 is 0 Å². The number of ketones is 1. The number of rotatable bonds is 3. The molecule has 0 amide bonds. The van der Waals surface area contributed by atoms with Crippen molar-refractivity contribution in [1.82, 2.24) is 0 Å². The van der Waals surface area contributed by atoms with Gasteiger partial charge in [-0.1, -0.05) is 12.5 Å². The Balaban J connectivity index is 2.31. The van der Waals surface area contributed by atoms with Crippen LogP contribution in [0, 0.1) is 11.3 Å². The molecule has 4 nitrogen and oxygen atoms in total. The zero-order valence-corrected chi connectivity index (χ0v) is 11.8. The Hall–Kier alpha value is -0.710.